The minimum atomic E-state index is -4.81. The second kappa shape index (κ2) is 24.6. The molecule has 28 nitrogen and oxygen atoms in total. The molecule has 0 saturated heterocycles. The van der Waals surface area contributed by atoms with Gasteiger partial charge in [0.05, 0.1) is 0 Å². The minimum absolute atomic E-state index is 0. The molecular weight excluding hydrogens is 758 g/mol. The maximum atomic E-state index is 11.6. The smallest absolute Gasteiger partial charge is 0.339 e. The fraction of sp³-hybridized carbons (Fsp3) is 1.00. The normalized spacial score (nSPS) is 12.8. The van der Waals surface area contributed by atoms with E-state index in [0.29, 0.717) is 9.80 Å². The van der Waals surface area contributed by atoms with E-state index >= 15 is 0 Å². The Labute approximate surface area is 265 Å². The largest absolute Gasteiger partial charge is 0.344 e. The SMILES string of the molecule is N.N.N.N.N.N.O=P(O)(O)CN(CCN(CCN(CP(=O)(O)O)CP(=O)(O)O)CP(=O)(O)O)CCN(CP(=O)(O)O)CP(=O)(O)O. The summed E-state index contributed by atoms with van der Waals surface area (Å²) in [6.45, 7) is -2.65. The summed E-state index contributed by atoms with van der Waals surface area (Å²) in [5.74, 6) is 0. The fourth-order valence-electron chi connectivity index (χ4n) is 3.29. The van der Waals surface area contributed by atoms with Crippen LogP contribution in [0.3, 0.4) is 0 Å². The van der Waals surface area contributed by atoms with Crippen molar-refractivity contribution in [2.24, 2.45) is 0 Å². The Morgan fingerprint density at radius 3 is 0.500 bits per heavy atom. The molecule has 0 aliphatic heterocycles. The first kappa shape index (κ1) is 61.7. The summed E-state index contributed by atoms with van der Waals surface area (Å²) in [5.41, 5.74) is 0. The van der Waals surface area contributed by atoms with Crippen molar-refractivity contribution in [3.63, 3.8) is 0 Å². The van der Waals surface area contributed by atoms with Crippen LogP contribution in [0, 0.1) is 0 Å². The van der Waals surface area contributed by atoms with Crippen LogP contribution in [0.5, 0.6) is 0 Å². The van der Waals surface area contributed by atoms with Crippen LogP contribution in [0.25, 0.3) is 0 Å². The van der Waals surface area contributed by atoms with Crippen molar-refractivity contribution in [2.45, 2.75) is 0 Å². The molecule has 34 heteroatoms. The van der Waals surface area contributed by atoms with Gasteiger partial charge in [0.25, 0.3) is 0 Å². The Hall–Kier alpha value is 0.500. The molecule has 30 N–H and O–H groups in total. The number of nitrogens with zero attached hydrogens (tertiary/aromatic N) is 4. The third kappa shape index (κ3) is 40.7. The van der Waals surface area contributed by atoms with Crippen molar-refractivity contribution in [1.29, 1.82) is 0 Å². The van der Waals surface area contributed by atoms with E-state index in [-0.39, 0.29) is 50.0 Å². The van der Waals surface area contributed by atoms with Gasteiger partial charge in [-0.2, -0.15) is 0 Å². The molecule has 0 saturated carbocycles. The van der Waals surface area contributed by atoms with Crippen molar-refractivity contribution in [1.82, 2.24) is 56.5 Å². The molecule has 0 rings (SSSR count). The first-order valence-corrected chi connectivity index (χ1v) is 21.5. The Bertz CT molecular complexity index is 957. The predicted octanol–water partition coefficient (Wildman–Crippen LogP) is -2.02. The lowest BCUT2D eigenvalue weighted by atomic mass is 10.4. The summed E-state index contributed by atoms with van der Waals surface area (Å²) in [7, 11) is -28.8. The molecule has 0 bridgehead atoms. The van der Waals surface area contributed by atoms with E-state index in [1.165, 1.54) is 0 Å². The lowest BCUT2D eigenvalue weighted by Crippen LogP contribution is -2.43. The summed E-state index contributed by atoms with van der Waals surface area (Å²) in [6, 6.07) is 0. The third-order valence-corrected chi connectivity index (χ3v) is 9.11. The summed E-state index contributed by atoms with van der Waals surface area (Å²) in [5, 5.41) is 0. The van der Waals surface area contributed by atoms with Crippen LogP contribution in [0.4, 0.5) is 0 Å². The lowest BCUT2D eigenvalue weighted by Gasteiger charge is -2.31. The van der Waals surface area contributed by atoms with Gasteiger partial charge >= 0.3 is 45.6 Å². The van der Waals surface area contributed by atoms with E-state index in [4.69, 9.17) is 39.1 Å². The van der Waals surface area contributed by atoms with Crippen molar-refractivity contribution < 1.29 is 86.1 Å². The number of hydrogen-bond acceptors (Lipinski definition) is 16. The van der Waals surface area contributed by atoms with Crippen LogP contribution in [-0.4, -0.2) is 155 Å². The molecule has 46 heavy (non-hydrogen) atoms. The molecule has 0 aromatic heterocycles. The Morgan fingerprint density at radius 1 is 0.261 bits per heavy atom. The molecule has 0 atom stereocenters. The molecule has 0 fully saturated rings. The Balaban J connectivity index is -0.000000507. The number of hydrogen-bond donors (Lipinski definition) is 18. The van der Waals surface area contributed by atoms with Crippen molar-refractivity contribution in [3.8, 4) is 0 Å². The maximum absolute atomic E-state index is 11.6. The van der Waals surface area contributed by atoms with Gasteiger partial charge in [-0.3, -0.25) is 47.0 Å². The van der Waals surface area contributed by atoms with Crippen LogP contribution in [0.15, 0.2) is 0 Å². The van der Waals surface area contributed by atoms with E-state index in [0.717, 1.165) is 9.80 Å². The lowest BCUT2D eigenvalue weighted by molar-refractivity contribution is 0.181. The van der Waals surface area contributed by atoms with Crippen molar-refractivity contribution in [3.05, 3.63) is 0 Å². The van der Waals surface area contributed by atoms with Gasteiger partial charge in [-0.05, 0) is 0 Å². The van der Waals surface area contributed by atoms with Crippen LogP contribution < -0.4 is 36.9 Å². The Kier molecular flexibility index (Phi) is 33.0. The summed E-state index contributed by atoms with van der Waals surface area (Å²) in [4.78, 5) is 114. The zero-order chi connectivity index (χ0) is 31.8. The highest BCUT2D eigenvalue weighted by atomic mass is 31.2. The van der Waals surface area contributed by atoms with E-state index in [2.05, 4.69) is 0 Å². The quantitative estimate of drug-likeness (QED) is 0.0556. The van der Waals surface area contributed by atoms with Crippen LogP contribution in [0.2, 0.25) is 0 Å². The molecule has 0 aromatic rings. The van der Waals surface area contributed by atoms with Gasteiger partial charge in [-0.1, -0.05) is 0 Å². The maximum Gasteiger partial charge on any atom is 0.339 e. The predicted molar refractivity (Wildman–Crippen MR) is 168 cm³/mol. The van der Waals surface area contributed by atoms with Crippen LogP contribution in [-0.2, 0) is 27.4 Å². The minimum Gasteiger partial charge on any atom is -0.344 e. The highest BCUT2D eigenvalue weighted by Gasteiger charge is 2.29. The summed E-state index contributed by atoms with van der Waals surface area (Å²) in [6.07, 6.45) is -6.33. The third-order valence-electron chi connectivity index (χ3n) is 4.50. The molecule has 0 spiro atoms. The highest BCUT2D eigenvalue weighted by Crippen LogP contribution is 2.42. The topological polar surface area (TPSA) is 568 Å². The zero-order valence-electron chi connectivity index (χ0n) is 25.0. The van der Waals surface area contributed by atoms with Crippen LogP contribution >= 0.6 is 45.6 Å². The molecular formula is C12H54N10O18P6. The van der Waals surface area contributed by atoms with Gasteiger partial charge in [0.2, 0.25) is 0 Å². The zero-order valence-corrected chi connectivity index (χ0v) is 30.4. The molecule has 0 heterocycles. The highest BCUT2D eigenvalue weighted by molar-refractivity contribution is 7.53. The van der Waals surface area contributed by atoms with Gasteiger partial charge in [0, 0.05) is 39.3 Å². The average Bonchev–Trinajstić information content (AvgIpc) is 2.60. The molecule has 0 aliphatic rings. The monoisotopic (exact) mass is 812 g/mol. The van der Waals surface area contributed by atoms with E-state index < -0.39 is 109 Å². The van der Waals surface area contributed by atoms with Crippen molar-refractivity contribution >= 4 is 45.6 Å². The standard InChI is InChI=1S/C12H36N4O18P6.6H3N/c17-35(18,19)7-13(3-5-15(9-37(23,24)25)10-38(26,27)28)1-2-14(8-36(20,21)22)4-6-16(11-39(29,30)31)12-40(32,33)34;;;;;;/h1-12H2,(H2,17,18,19)(H2,20,21,22)(H2,23,24,25)(H2,26,27,28)(H2,29,30,31)(H2,32,33,34);6*1H3. The number of rotatable bonds is 21. The molecule has 0 unspecified atom stereocenters. The first-order valence-electron chi connectivity index (χ1n) is 10.7. The molecule has 0 aromatic carbocycles. The molecule has 0 aliphatic carbocycles. The molecule has 290 valence electrons. The molecule has 0 radical (unpaired) electrons. The second-order valence-electron chi connectivity index (χ2n) is 8.86. The summed E-state index contributed by atoms with van der Waals surface area (Å²) >= 11 is 0. The summed E-state index contributed by atoms with van der Waals surface area (Å²) < 4.78 is 68.5. The van der Waals surface area contributed by atoms with E-state index in [1.807, 2.05) is 0 Å². The second-order valence-corrected chi connectivity index (χ2v) is 18.5. The van der Waals surface area contributed by atoms with Gasteiger partial charge in [-0.25, -0.2) is 0 Å². The van der Waals surface area contributed by atoms with Gasteiger partial charge in [0.15, 0.2) is 0 Å². The van der Waals surface area contributed by atoms with Gasteiger partial charge < -0.3 is 95.6 Å². The van der Waals surface area contributed by atoms with Crippen LogP contribution in [0.1, 0.15) is 0 Å². The average molecular weight is 812 g/mol. The Morgan fingerprint density at radius 2 is 0.370 bits per heavy atom. The van der Waals surface area contributed by atoms with E-state index in [9.17, 15) is 47.0 Å². The van der Waals surface area contributed by atoms with E-state index in [1.54, 1.807) is 0 Å². The van der Waals surface area contributed by atoms with Gasteiger partial charge in [-0.15, -0.1) is 0 Å². The first-order chi connectivity index (χ1) is 17.5. The van der Waals surface area contributed by atoms with Crippen molar-refractivity contribution in [2.75, 3.05) is 77.0 Å². The van der Waals surface area contributed by atoms with Gasteiger partial charge in [0.1, 0.15) is 37.7 Å². The molecule has 0 amide bonds. The fourth-order valence-corrected chi connectivity index (χ4v) is 8.26.